The van der Waals surface area contributed by atoms with E-state index in [9.17, 15) is 18.0 Å². The Labute approximate surface area is 204 Å². The van der Waals surface area contributed by atoms with Gasteiger partial charge in [-0.15, -0.1) is 0 Å². The molecule has 3 rings (SSSR count). The van der Waals surface area contributed by atoms with Gasteiger partial charge < -0.3 is 19.5 Å². The van der Waals surface area contributed by atoms with Crippen molar-refractivity contribution in [2.45, 2.75) is 11.8 Å². The molecule has 35 heavy (non-hydrogen) atoms. The molecule has 0 aliphatic rings. The minimum absolute atomic E-state index is 0.0638. The Morgan fingerprint density at radius 1 is 0.886 bits per heavy atom. The van der Waals surface area contributed by atoms with Gasteiger partial charge in [0.05, 0.1) is 32.6 Å². The number of hydrogen-bond acceptors (Lipinski definition) is 7. The SMILES string of the molecule is COC(=O)c1ccc(NC(=O)CN(c2ccc(OC)cc2)S(=O)(=O)c2cc(C)ccc2OC)cc1. The Hall–Kier alpha value is -4.05. The van der Waals surface area contributed by atoms with Crippen LogP contribution in [0.1, 0.15) is 15.9 Å². The maximum absolute atomic E-state index is 13.7. The number of benzene rings is 3. The Balaban J connectivity index is 1.95. The zero-order chi connectivity index (χ0) is 25.6. The van der Waals surface area contributed by atoms with Crippen molar-refractivity contribution in [2.24, 2.45) is 0 Å². The van der Waals surface area contributed by atoms with Crippen molar-refractivity contribution in [2.75, 3.05) is 37.5 Å². The number of methoxy groups -OCH3 is 3. The van der Waals surface area contributed by atoms with Gasteiger partial charge in [-0.3, -0.25) is 9.10 Å². The summed E-state index contributed by atoms with van der Waals surface area (Å²) < 4.78 is 43.6. The molecule has 0 heterocycles. The van der Waals surface area contributed by atoms with Crippen LogP contribution in [0.4, 0.5) is 11.4 Å². The van der Waals surface area contributed by atoms with Crippen LogP contribution in [-0.4, -0.2) is 48.2 Å². The average Bonchev–Trinajstić information content (AvgIpc) is 2.87. The van der Waals surface area contributed by atoms with Gasteiger partial charge in [0.25, 0.3) is 10.0 Å². The third kappa shape index (κ3) is 5.90. The van der Waals surface area contributed by atoms with Crippen molar-refractivity contribution in [3.05, 3.63) is 77.9 Å². The van der Waals surface area contributed by atoms with Gasteiger partial charge in [0.15, 0.2) is 0 Å². The highest BCUT2D eigenvalue weighted by atomic mass is 32.2. The molecule has 0 atom stereocenters. The number of anilines is 2. The number of rotatable bonds is 9. The van der Waals surface area contributed by atoms with E-state index in [4.69, 9.17) is 9.47 Å². The van der Waals surface area contributed by atoms with Crippen LogP contribution in [0.5, 0.6) is 11.5 Å². The topological polar surface area (TPSA) is 111 Å². The lowest BCUT2D eigenvalue weighted by atomic mass is 10.2. The van der Waals surface area contributed by atoms with Crippen LogP contribution in [0.25, 0.3) is 0 Å². The molecule has 0 fully saturated rings. The number of esters is 1. The van der Waals surface area contributed by atoms with E-state index in [2.05, 4.69) is 10.1 Å². The molecule has 1 N–H and O–H groups in total. The fraction of sp³-hybridized carbons (Fsp3) is 0.200. The summed E-state index contributed by atoms with van der Waals surface area (Å²) in [7, 11) is -0.0478. The molecular weight excluding hydrogens is 472 g/mol. The molecule has 0 aliphatic carbocycles. The molecule has 0 saturated heterocycles. The lowest BCUT2D eigenvalue weighted by molar-refractivity contribution is -0.114. The summed E-state index contributed by atoms with van der Waals surface area (Å²) in [5.74, 6) is -0.393. The normalized spacial score (nSPS) is 10.9. The molecule has 0 aliphatic heterocycles. The molecule has 3 aromatic carbocycles. The first-order chi connectivity index (χ1) is 16.7. The average molecular weight is 499 g/mol. The predicted molar refractivity (Wildman–Crippen MR) is 132 cm³/mol. The maximum Gasteiger partial charge on any atom is 0.337 e. The predicted octanol–water partition coefficient (Wildman–Crippen LogP) is 3.63. The van der Waals surface area contributed by atoms with Gasteiger partial charge in [0, 0.05) is 5.69 Å². The summed E-state index contributed by atoms with van der Waals surface area (Å²) in [4.78, 5) is 24.5. The van der Waals surface area contributed by atoms with Gasteiger partial charge in [-0.1, -0.05) is 6.07 Å². The van der Waals surface area contributed by atoms with Crippen molar-refractivity contribution in [3.63, 3.8) is 0 Å². The molecule has 184 valence electrons. The lowest BCUT2D eigenvalue weighted by Gasteiger charge is -2.25. The highest BCUT2D eigenvalue weighted by Gasteiger charge is 2.30. The minimum atomic E-state index is -4.20. The van der Waals surface area contributed by atoms with Crippen molar-refractivity contribution in [3.8, 4) is 11.5 Å². The molecule has 1 amide bonds. The molecule has 0 unspecified atom stereocenters. The highest BCUT2D eigenvalue weighted by molar-refractivity contribution is 7.93. The number of nitrogens with zero attached hydrogens (tertiary/aromatic N) is 1. The quantitative estimate of drug-likeness (QED) is 0.449. The Morgan fingerprint density at radius 3 is 2.11 bits per heavy atom. The molecule has 10 heteroatoms. The van der Waals surface area contributed by atoms with E-state index in [1.807, 2.05) is 0 Å². The van der Waals surface area contributed by atoms with E-state index < -0.39 is 28.4 Å². The van der Waals surface area contributed by atoms with Crippen LogP contribution in [0.2, 0.25) is 0 Å². The van der Waals surface area contributed by atoms with Crippen molar-refractivity contribution < 1.29 is 32.2 Å². The number of carbonyl (C=O) groups excluding carboxylic acids is 2. The third-order valence-electron chi connectivity index (χ3n) is 5.12. The number of hydrogen-bond donors (Lipinski definition) is 1. The van der Waals surface area contributed by atoms with E-state index in [1.165, 1.54) is 51.7 Å². The molecule has 0 aromatic heterocycles. The maximum atomic E-state index is 13.7. The van der Waals surface area contributed by atoms with Gasteiger partial charge >= 0.3 is 5.97 Å². The lowest BCUT2D eigenvalue weighted by Crippen LogP contribution is -2.38. The van der Waals surface area contributed by atoms with E-state index in [0.29, 0.717) is 22.6 Å². The zero-order valence-electron chi connectivity index (χ0n) is 19.8. The van der Waals surface area contributed by atoms with Gasteiger partial charge in [0.2, 0.25) is 5.91 Å². The second-order valence-electron chi connectivity index (χ2n) is 7.48. The number of sulfonamides is 1. The molecule has 0 bridgehead atoms. The second-order valence-corrected chi connectivity index (χ2v) is 9.31. The first kappa shape index (κ1) is 25.6. The van der Waals surface area contributed by atoms with Gasteiger partial charge in [0.1, 0.15) is 22.9 Å². The fourth-order valence-corrected chi connectivity index (χ4v) is 4.97. The number of amides is 1. The van der Waals surface area contributed by atoms with Crippen LogP contribution in [-0.2, 0) is 19.6 Å². The van der Waals surface area contributed by atoms with Crippen molar-refractivity contribution in [1.82, 2.24) is 0 Å². The fourth-order valence-electron chi connectivity index (χ4n) is 3.31. The summed E-state index contributed by atoms with van der Waals surface area (Å²) in [6.45, 7) is 1.26. The monoisotopic (exact) mass is 498 g/mol. The van der Waals surface area contributed by atoms with Gasteiger partial charge in [-0.2, -0.15) is 0 Å². The molecule has 9 nitrogen and oxygen atoms in total. The minimum Gasteiger partial charge on any atom is -0.497 e. The summed E-state index contributed by atoms with van der Waals surface area (Å²) >= 11 is 0. The van der Waals surface area contributed by atoms with Crippen LogP contribution in [0.15, 0.2) is 71.6 Å². The Bertz CT molecular complexity index is 1300. The zero-order valence-corrected chi connectivity index (χ0v) is 20.6. The largest absolute Gasteiger partial charge is 0.497 e. The standard InChI is InChI=1S/C25H26N2O7S/c1-17-5-14-22(33-3)23(15-17)35(30,31)27(20-10-12-21(32-2)13-11-20)16-24(28)26-19-8-6-18(7-9-19)25(29)34-4/h5-15H,16H2,1-4H3,(H,26,28). The van der Waals surface area contributed by atoms with Crippen LogP contribution < -0.4 is 19.1 Å². The van der Waals surface area contributed by atoms with Crippen molar-refractivity contribution >= 4 is 33.3 Å². The number of carbonyl (C=O) groups is 2. The molecular formula is C25H26N2O7S. The van der Waals surface area contributed by atoms with Crippen molar-refractivity contribution in [1.29, 1.82) is 0 Å². The third-order valence-corrected chi connectivity index (χ3v) is 6.92. The van der Waals surface area contributed by atoms with E-state index in [-0.39, 0.29) is 16.3 Å². The molecule has 3 aromatic rings. The molecule has 0 radical (unpaired) electrons. The van der Waals surface area contributed by atoms with E-state index >= 15 is 0 Å². The first-order valence-electron chi connectivity index (χ1n) is 10.5. The van der Waals surface area contributed by atoms with Gasteiger partial charge in [-0.25, -0.2) is 13.2 Å². The van der Waals surface area contributed by atoms with E-state index in [1.54, 1.807) is 43.3 Å². The number of aryl methyl sites for hydroxylation is 1. The first-order valence-corrected chi connectivity index (χ1v) is 11.9. The van der Waals surface area contributed by atoms with Crippen LogP contribution >= 0.6 is 0 Å². The van der Waals surface area contributed by atoms with E-state index in [0.717, 1.165) is 4.31 Å². The van der Waals surface area contributed by atoms with Crippen LogP contribution in [0.3, 0.4) is 0 Å². The Kier molecular flexibility index (Phi) is 7.98. The Morgan fingerprint density at radius 2 is 1.54 bits per heavy atom. The molecule has 0 saturated carbocycles. The number of ether oxygens (including phenoxy) is 3. The smallest absolute Gasteiger partial charge is 0.337 e. The summed E-state index contributed by atoms with van der Waals surface area (Å²) in [5, 5.41) is 2.66. The summed E-state index contributed by atoms with van der Waals surface area (Å²) in [6.07, 6.45) is 0. The highest BCUT2D eigenvalue weighted by Crippen LogP contribution is 2.31. The molecule has 0 spiro atoms. The number of nitrogens with one attached hydrogen (secondary N) is 1. The second kappa shape index (κ2) is 10.9. The summed E-state index contributed by atoms with van der Waals surface area (Å²) in [5.41, 5.74) is 1.70. The van der Waals surface area contributed by atoms with Gasteiger partial charge in [-0.05, 0) is 73.2 Å². The summed E-state index contributed by atoms with van der Waals surface area (Å²) in [6, 6.07) is 17.2. The van der Waals surface area contributed by atoms with Crippen LogP contribution in [0, 0.1) is 6.92 Å².